The van der Waals surface area contributed by atoms with Gasteiger partial charge in [-0.2, -0.15) is 0 Å². The highest BCUT2D eigenvalue weighted by Gasteiger charge is 2.13. The van der Waals surface area contributed by atoms with E-state index in [4.69, 9.17) is 16.3 Å². The number of nitrogens with zero attached hydrogens (tertiary/aromatic N) is 2. The molecule has 3 aromatic rings. The van der Waals surface area contributed by atoms with Crippen molar-refractivity contribution in [3.63, 3.8) is 0 Å². The Morgan fingerprint density at radius 2 is 1.91 bits per heavy atom. The van der Waals surface area contributed by atoms with Crippen molar-refractivity contribution in [3.05, 3.63) is 52.2 Å². The SMILES string of the molecule is CS(=O)(=O)c1ccc2ncnc(Oc3ccc(Br)cc3Cl)c2c1. The van der Waals surface area contributed by atoms with Crippen molar-refractivity contribution < 1.29 is 13.2 Å². The quantitative estimate of drug-likeness (QED) is 0.642. The van der Waals surface area contributed by atoms with Crippen LogP contribution in [0.15, 0.2) is 52.1 Å². The number of aromatic nitrogens is 2. The number of hydrogen-bond donors (Lipinski definition) is 0. The first-order valence-corrected chi connectivity index (χ1v) is 9.48. The van der Waals surface area contributed by atoms with Gasteiger partial charge in [0.25, 0.3) is 0 Å². The van der Waals surface area contributed by atoms with E-state index in [2.05, 4.69) is 25.9 Å². The molecule has 23 heavy (non-hydrogen) atoms. The summed E-state index contributed by atoms with van der Waals surface area (Å²) in [6.45, 7) is 0. The van der Waals surface area contributed by atoms with E-state index >= 15 is 0 Å². The molecule has 1 aromatic heterocycles. The maximum Gasteiger partial charge on any atom is 0.230 e. The molecule has 0 N–H and O–H groups in total. The molecule has 5 nitrogen and oxygen atoms in total. The highest BCUT2D eigenvalue weighted by molar-refractivity contribution is 9.10. The minimum Gasteiger partial charge on any atom is -0.437 e. The average Bonchev–Trinajstić information content (AvgIpc) is 2.49. The maximum absolute atomic E-state index is 11.7. The lowest BCUT2D eigenvalue weighted by molar-refractivity contribution is 0.468. The van der Waals surface area contributed by atoms with Crippen LogP contribution in [0, 0.1) is 0 Å². The zero-order valence-electron chi connectivity index (χ0n) is 11.8. The van der Waals surface area contributed by atoms with Crippen LogP contribution in [-0.4, -0.2) is 24.6 Å². The van der Waals surface area contributed by atoms with Gasteiger partial charge in [0.15, 0.2) is 9.84 Å². The predicted molar refractivity (Wildman–Crippen MR) is 91.9 cm³/mol. The molecule has 1 heterocycles. The number of benzene rings is 2. The summed E-state index contributed by atoms with van der Waals surface area (Å²) in [6, 6.07) is 9.78. The molecule has 0 saturated heterocycles. The first kappa shape index (κ1) is 16.2. The Morgan fingerprint density at radius 3 is 2.61 bits per heavy atom. The molecular weight excluding hydrogens is 404 g/mol. The second kappa shape index (κ2) is 6.07. The van der Waals surface area contributed by atoms with Crippen LogP contribution >= 0.6 is 27.5 Å². The summed E-state index contributed by atoms with van der Waals surface area (Å²) in [5.74, 6) is 0.657. The molecule has 0 saturated carbocycles. The Kier molecular flexibility index (Phi) is 4.27. The summed E-state index contributed by atoms with van der Waals surface area (Å²) in [6.07, 6.45) is 2.49. The Balaban J connectivity index is 2.13. The first-order valence-electron chi connectivity index (χ1n) is 6.42. The van der Waals surface area contributed by atoms with E-state index < -0.39 is 9.84 Å². The van der Waals surface area contributed by atoms with Gasteiger partial charge in [-0.15, -0.1) is 0 Å². The molecule has 0 unspecified atom stereocenters. The monoisotopic (exact) mass is 412 g/mol. The van der Waals surface area contributed by atoms with Gasteiger partial charge in [0.05, 0.1) is 20.8 Å². The molecule has 0 radical (unpaired) electrons. The summed E-state index contributed by atoms with van der Waals surface area (Å²) in [4.78, 5) is 8.38. The van der Waals surface area contributed by atoms with E-state index in [1.165, 1.54) is 18.5 Å². The van der Waals surface area contributed by atoms with Crippen LogP contribution in [0.3, 0.4) is 0 Å². The molecular formula is C15H10BrClN2O3S. The van der Waals surface area contributed by atoms with E-state index in [0.717, 1.165) is 10.7 Å². The van der Waals surface area contributed by atoms with E-state index in [1.807, 2.05) is 0 Å². The normalized spacial score (nSPS) is 11.6. The standard InChI is InChI=1S/C15H10BrClN2O3S/c1-23(20,21)10-3-4-13-11(7-10)15(19-8-18-13)22-14-5-2-9(16)6-12(14)17/h2-8H,1H3. The fourth-order valence-electron chi connectivity index (χ4n) is 1.99. The number of halogens is 2. The van der Waals surface area contributed by atoms with E-state index in [-0.39, 0.29) is 10.8 Å². The van der Waals surface area contributed by atoms with E-state index in [1.54, 1.807) is 24.3 Å². The number of rotatable bonds is 3. The van der Waals surface area contributed by atoms with Gasteiger partial charge in [0.2, 0.25) is 5.88 Å². The van der Waals surface area contributed by atoms with Crippen molar-refractivity contribution >= 4 is 48.3 Å². The molecule has 0 aliphatic carbocycles. The second-order valence-electron chi connectivity index (χ2n) is 4.81. The number of sulfone groups is 1. The molecule has 3 rings (SSSR count). The lowest BCUT2D eigenvalue weighted by Gasteiger charge is -2.09. The Labute approximate surface area is 146 Å². The topological polar surface area (TPSA) is 69.2 Å². The summed E-state index contributed by atoms with van der Waals surface area (Å²) in [5, 5.41) is 0.903. The molecule has 0 aliphatic heterocycles. The third kappa shape index (κ3) is 3.46. The average molecular weight is 414 g/mol. The fraction of sp³-hybridized carbons (Fsp3) is 0.0667. The largest absolute Gasteiger partial charge is 0.437 e. The van der Waals surface area contributed by atoms with Crippen molar-refractivity contribution in [2.24, 2.45) is 0 Å². The van der Waals surface area contributed by atoms with Crippen molar-refractivity contribution in [1.29, 1.82) is 0 Å². The zero-order chi connectivity index (χ0) is 16.6. The van der Waals surface area contributed by atoms with Gasteiger partial charge < -0.3 is 4.74 Å². The molecule has 0 spiro atoms. The summed E-state index contributed by atoms with van der Waals surface area (Å²) in [7, 11) is -3.34. The maximum atomic E-state index is 11.7. The Hall–Kier alpha value is -1.70. The van der Waals surface area contributed by atoms with Gasteiger partial charge in [-0.1, -0.05) is 27.5 Å². The number of ether oxygens (including phenoxy) is 1. The fourth-order valence-corrected chi connectivity index (χ4v) is 3.35. The molecule has 8 heteroatoms. The molecule has 0 aliphatic rings. The lowest BCUT2D eigenvalue weighted by Crippen LogP contribution is -1.98. The third-order valence-electron chi connectivity index (χ3n) is 3.10. The lowest BCUT2D eigenvalue weighted by atomic mass is 10.2. The predicted octanol–water partition coefficient (Wildman–Crippen LogP) is 4.24. The van der Waals surface area contributed by atoms with Crippen LogP contribution in [0.2, 0.25) is 5.02 Å². The van der Waals surface area contributed by atoms with Crippen molar-refractivity contribution in [3.8, 4) is 11.6 Å². The molecule has 0 atom stereocenters. The van der Waals surface area contributed by atoms with Crippen molar-refractivity contribution in [2.75, 3.05) is 6.26 Å². The van der Waals surface area contributed by atoms with Crippen LogP contribution in [0.5, 0.6) is 11.6 Å². The summed E-state index contributed by atoms with van der Waals surface area (Å²) >= 11 is 9.46. The van der Waals surface area contributed by atoms with Crippen LogP contribution in [0.4, 0.5) is 0 Å². The third-order valence-corrected chi connectivity index (χ3v) is 5.00. The molecule has 0 bridgehead atoms. The van der Waals surface area contributed by atoms with Gasteiger partial charge in [-0.25, -0.2) is 18.4 Å². The van der Waals surface area contributed by atoms with Crippen LogP contribution < -0.4 is 4.74 Å². The summed E-state index contributed by atoms with van der Waals surface area (Å²) in [5.41, 5.74) is 0.579. The van der Waals surface area contributed by atoms with Gasteiger partial charge in [0.1, 0.15) is 12.1 Å². The van der Waals surface area contributed by atoms with Gasteiger partial charge in [-0.05, 0) is 36.4 Å². The van der Waals surface area contributed by atoms with Crippen molar-refractivity contribution in [2.45, 2.75) is 4.90 Å². The van der Waals surface area contributed by atoms with Gasteiger partial charge >= 0.3 is 0 Å². The van der Waals surface area contributed by atoms with Crippen LogP contribution in [-0.2, 0) is 9.84 Å². The highest BCUT2D eigenvalue weighted by Crippen LogP contribution is 2.34. The van der Waals surface area contributed by atoms with Crippen molar-refractivity contribution in [1.82, 2.24) is 9.97 Å². The van der Waals surface area contributed by atoms with E-state index in [0.29, 0.717) is 21.7 Å². The zero-order valence-corrected chi connectivity index (χ0v) is 15.0. The minimum atomic E-state index is -3.34. The van der Waals surface area contributed by atoms with Gasteiger partial charge in [-0.3, -0.25) is 0 Å². The minimum absolute atomic E-state index is 0.173. The molecule has 0 amide bonds. The molecule has 2 aromatic carbocycles. The Morgan fingerprint density at radius 1 is 1.13 bits per heavy atom. The number of fused-ring (bicyclic) bond motifs is 1. The smallest absolute Gasteiger partial charge is 0.230 e. The number of hydrogen-bond acceptors (Lipinski definition) is 5. The molecule has 0 fully saturated rings. The molecule has 118 valence electrons. The Bertz CT molecular complexity index is 1010. The van der Waals surface area contributed by atoms with Gasteiger partial charge in [0, 0.05) is 10.7 Å². The van der Waals surface area contributed by atoms with Crippen LogP contribution in [0.25, 0.3) is 10.9 Å². The summed E-state index contributed by atoms with van der Waals surface area (Å²) < 4.78 is 30.0. The highest BCUT2D eigenvalue weighted by atomic mass is 79.9. The first-order chi connectivity index (χ1) is 10.8. The second-order valence-corrected chi connectivity index (χ2v) is 8.15. The van der Waals surface area contributed by atoms with Crippen LogP contribution in [0.1, 0.15) is 0 Å². The van der Waals surface area contributed by atoms with E-state index in [9.17, 15) is 8.42 Å².